The summed E-state index contributed by atoms with van der Waals surface area (Å²) in [7, 11) is 1.56. The Morgan fingerprint density at radius 3 is 2.59 bits per heavy atom. The van der Waals surface area contributed by atoms with Gasteiger partial charge in [-0.1, -0.05) is 0 Å². The summed E-state index contributed by atoms with van der Waals surface area (Å²) in [5, 5.41) is 3.28. The van der Waals surface area contributed by atoms with Crippen molar-refractivity contribution in [3.63, 3.8) is 0 Å². The second-order valence-corrected chi connectivity index (χ2v) is 4.60. The number of benzene rings is 1. The Morgan fingerprint density at radius 2 is 1.94 bits per heavy atom. The molecule has 4 heteroatoms. The molecule has 1 aliphatic rings. The molecule has 1 fully saturated rings. The number of hydrogen-bond donors (Lipinski definition) is 1. The van der Waals surface area contributed by atoms with E-state index in [0.717, 1.165) is 25.9 Å². The summed E-state index contributed by atoms with van der Waals surface area (Å²) in [4.78, 5) is 0. The molecule has 1 aliphatic heterocycles. The summed E-state index contributed by atoms with van der Waals surface area (Å²) in [5.41, 5.74) is -0.244. The fraction of sp³-hybridized carbons (Fsp3) is 0.538. The molecule has 0 amide bonds. The van der Waals surface area contributed by atoms with E-state index in [9.17, 15) is 4.39 Å². The molecule has 17 heavy (non-hydrogen) atoms. The van der Waals surface area contributed by atoms with Gasteiger partial charge in [-0.25, -0.2) is 4.39 Å². The quantitative estimate of drug-likeness (QED) is 0.878. The molecule has 3 nitrogen and oxygen atoms in total. The van der Waals surface area contributed by atoms with Gasteiger partial charge in [0.05, 0.1) is 7.11 Å². The predicted octanol–water partition coefficient (Wildman–Crippen LogP) is 2.36. The number of rotatable bonds is 3. The highest BCUT2D eigenvalue weighted by Crippen LogP contribution is 2.33. The number of halogens is 1. The van der Waals surface area contributed by atoms with E-state index in [1.807, 2.05) is 0 Å². The molecule has 0 spiro atoms. The van der Waals surface area contributed by atoms with Gasteiger partial charge in [0.15, 0.2) is 11.5 Å². The molecule has 1 N–H and O–H groups in total. The van der Waals surface area contributed by atoms with Crippen molar-refractivity contribution in [1.29, 1.82) is 0 Å². The highest BCUT2D eigenvalue weighted by atomic mass is 19.1. The van der Waals surface area contributed by atoms with E-state index < -0.39 is 0 Å². The van der Waals surface area contributed by atoms with E-state index >= 15 is 0 Å². The van der Waals surface area contributed by atoms with E-state index in [1.165, 1.54) is 12.1 Å². The van der Waals surface area contributed by atoms with Crippen molar-refractivity contribution < 1.29 is 13.9 Å². The van der Waals surface area contributed by atoms with E-state index in [2.05, 4.69) is 12.2 Å². The lowest BCUT2D eigenvalue weighted by atomic mass is 9.94. The van der Waals surface area contributed by atoms with Gasteiger partial charge in [0.2, 0.25) is 0 Å². The lowest BCUT2D eigenvalue weighted by Crippen LogP contribution is -2.43. The normalized spacial score (nSPS) is 18.8. The molecule has 1 aromatic rings. The molecule has 0 unspecified atom stereocenters. The number of methoxy groups -OCH3 is 1. The van der Waals surface area contributed by atoms with Gasteiger partial charge in [-0.2, -0.15) is 0 Å². The third kappa shape index (κ3) is 2.88. The summed E-state index contributed by atoms with van der Waals surface area (Å²) >= 11 is 0. The van der Waals surface area contributed by atoms with Crippen molar-refractivity contribution in [3.8, 4) is 11.5 Å². The summed E-state index contributed by atoms with van der Waals surface area (Å²) in [5.74, 6) is 0.751. The molecule has 0 bridgehead atoms. The zero-order valence-corrected chi connectivity index (χ0v) is 10.3. The maximum atomic E-state index is 13.2. The van der Waals surface area contributed by atoms with Crippen molar-refractivity contribution in [2.75, 3.05) is 20.2 Å². The first-order valence-electron chi connectivity index (χ1n) is 5.86. The van der Waals surface area contributed by atoms with Crippen molar-refractivity contribution in [1.82, 2.24) is 5.32 Å². The molecule has 1 aromatic carbocycles. The minimum atomic E-state index is -0.307. The molecule has 1 saturated heterocycles. The highest BCUT2D eigenvalue weighted by molar-refractivity contribution is 5.40. The van der Waals surface area contributed by atoms with Gasteiger partial charge < -0.3 is 14.8 Å². The minimum absolute atomic E-state index is 0.244. The maximum Gasteiger partial charge on any atom is 0.164 e. The summed E-state index contributed by atoms with van der Waals surface area (Å²) in [6.07, 6.45) is 1.82. The van der Waals surface area contributed by atoms with Crippen LogP contribution in [0.4, 0.5) is 4.39 Å². The van der Waals surface area contributed by atoms with Gasteiger partial charge >= 0.3 is 0 Å². The Hall–Kier alpha value is -1.29. The molecule has 0 aliphatic carbocycles. The minimum Gasteiger partial charge on any atom is -0.493 e. The number of nitrogens with one attached hydrogen (secondary N) is 1. The molecule has 2 rings (SSSR count). The van der Waals surface area contributed by atoms with Gasteiger partial charge in [-0.3, -0.25) is 0 Å². The third-order valence-electron chi connectivity index (χ3n) is 3.14. The predicted molar refractivity (Wildman–Crippen MR) is 64.1 cm³/mol. The maximum absolute atomic E-state index is 13.2. The lowest BCUT2D eigenvalue weighted by Gasteiger charge is -2.35. The van der Waals surface area contributed by atoms with Gasteiger partial charge in [0.1, 0.15) is 11.4 Å². The van der Waals surface area contributed by atoms with Crippen LogP contribution in [0.25, 0.3) is 0 Å². The van der Waals surface area contributed by atoms with Crippen LogP contribution in [-0.2, 0) is 0 Å². The van der Waals surface area contributed by atoms with Crippen LogP contribution < -0.4 is 14.8 Å². The Balaban J connectivity index is 2.19. The van der Waals surface area contributed by atoms with Crippen LogP contribution in [0.3, 0.4) is 0 Å². The van der Waals surface area contributed by atoms with E-state index in [1.54, 1.807) is 13.2 Å². The highest BCUT2D eigenvalue weighted by Gasteiger charge is 2.29. The molecular weight excluding hydrogens is 221 g/mol. The standard InChI is InChI=1S/C13H18FNO2/c1-13(5-7-15-8-6-13)17-12-9-10(14)3-4-11(12)16-2/h3-4,9,15H,5-8H2,1-2H3. The van der Waals surface area contributed by atoms with E-state index in [-0.39, 0.29) is 11.4 Å². The largest absolute Gasteiger partial charge is 0.493 e. The number of ether oxygens (including phenoxy) is 2. The van der Waals surface area contributed by atoms with Crippen LogP contribution in [0.15, 0.2) is 18.2 Å². The first-order valence-corrected chi connectivity index (χ1v) is 5.86. The smallest absolute Gasteiger partial charge is 0.164 e. The molecule has 1 heterocycles. The monoisotopic (exact) mass is 239 g/mol. The average molecular weight is 239 g/mol. The molecule has 0 atom stereocenters. The van der Waals surface area contributed by atoms with Crippen LogP contribution >= 0.6 is 0 Å². The van der Waals surface area contributed by atoms with Crippen LogP contribution in [0, 0.1) is 5.82 Å². The zero-order valence-electron chi connectivity index (χ0n) is 10.3. The van der Waals surface area contributed by atoms with Crippen LogP contribution in [0.1, 0.15) is 19.8 Å². The van der Waals surface area contributed by atoms with Crippen molar-refractivity contribution in [2.45, 2.75) is 25.4 Å². The Morgan fingerprint density at radius 1 is 1.24 bits per heavy atom. The molecule has 0 aromatic heterocycles. The average Bonchev–Trinajstić information content (AvgIpc) is 2.29. The second kappa shape index (κ2) is 4.92. The van der Waals surface area contributed by atoms with Gasteiger partial charge in [0.25, 0.3) is 0 Å². The SMILES string of the molecule is COc1ccc(F)cc1OC1(C)CCNCC1. The van der Waals surface area contributed by atoms with Crippen LogP contribution in [0.5, 0.6) is 11.5 Å². The first kappa shape index (κ1) is 12.2. The fourth-order valence-corrected chi connectivity index (χ4v) is 2.05. The molecule has 0 saturated carbocycles. The Labute approximate surface area is 101 Å². The fourth-order valence-electron chi connectivity index (χ4n) is 2.05. The summed E-state index contributed by atoms with van der Waals surface area (Å²) in [6, 6.07) is 4.34. The molecular formula is C13H18FNO2. The third-order valence-corrected chi connectivity index (χ3v) is 3.14. The number of piperidine rings is 1. The van der Waals surface area contributed by atoms with Crippen LogP contribution in [-0.4, -0.2) is 25.8 Å². The van der Waals surface area contributed by atoms with E-state index in [0.29, 0.717) is 11.5 Å². The first-order chi connectivity index (χ1) is 8.13. The van der Waals surface area contributed by atoms with E-state index in [4.69, 9.17) is 9.47 Å². The van der Waals surface area contributed by atoms with Crippen molar-refractivity contribution in [2.24, 2.45) is 0 Å². The molecule has 94 valence electrons. The van der Waals surface area contributed by atoms with Gasteiger partial charge in [-0.05, 0) is 45.0 Å². The van der Waals surface area contributed by atoms with Gasteiger partial charge in [0, 0.05) is 6.07 Å². The van der Waals surface area contributed by atoms with Crippen LogP contribution in [0.2, 0.25) is 0 Å². The molecule has 0 radical (unpaired) electrons. The Bertz CT molecular complexity index is 389. The Kier molecular flexibility index (Phi) is 3.52. The lowest BCUT2D eigenvalue weighted by molar-refractivity contribution is 0.0524. The topological polar surface area (TPSA) is 30.5 Å². The second-order valence-electron chi connectivity index (χ2n) is 4.60. The van der Waals surface area contributed by atoms with Gasteiger partial charge in [-0.15, -0.1) is 0 Å². The summed E-state index contributed by atoms with van der Waals surface area (Å²) in [6.45, 7) is 3.90. The van der Waals surface area contributed by atoms with Crippen molar-refractivity contribution >= 4 is 0 Å². The number of hydrogen-bond acceptors (Lipinski definition) is 3. The zero-order chi connectivity index (χ0) is 12.3. The van der Waals surface area contributed by atoms with Crippen molar-refractivity contribution in [3.05, 3.63) is 24.0 Å². The summed E-state index contributed by atoms with van der Waals surface area (Å²) < 4.78 is 24.3.